The van der Waals surface area contributed by atoms with Crippen LogP contribution in [0.3, 0.4) is 0 Å². The topological polar surface area (TPSA) is 155 Å². The standard InChI is InChI=1S/C29H45N5O6/c1-3-33(25-9-5-23(30)6-10-25)17-19-39-28(37)13-15-32(21-27(36)22-35)16-14-29(38)40-20-18-34(4-2)26-11-7-24(31)8-12-26/h5-12,27,35-36H,3-4,13-22,30-31H2,1-2H3. The van der Waals surface area contributed by atoms with Gasteiger partial charge in [-0.1, -0.05) is 0 Å². The van der Waals surface area contributed by atoms with Gasteiger partial charge in [0.05, 0.1) is 38.6 Å². The second-order valence-electron chi connectivity index (χ2n) is 9.42. The van der Waals surface area contributed by atoms with Crippen molar-refractivity contribution in [3.05, 3.63) is 48.5 Å². The van der Waals surface area contributed by atoms with Crippen LogP contribution in [0.4, 0.5) is 22.7 Å². The molecule has 222 valence electrons. The molecule has 40 heavy (non-hydrogen) atoms. The van der Waals surface area contributed by atoms with Gasteiger partial charge in [-0.3, -0.25) is 14.5 Å². The van der Waals surface area contributed by atoms with Crippen LogP contribution in [0.15, 0.2) is 48.5 Å². The average Bonchev–Trinajstić information content (AvgIpc) is 2.96. The van der Waals surface area contributed by atoms with E-state index in [4.69, 9.17) is 20.9 Å². The Morgan fingerprint density at radius 3 is 1.50 bits per heavy atom. The third-order valence-corrected chi connectivity index (χ3v) is 6.47. The van der Waals surface area contributed by atoms with E-state index in [1.54, 1.807) is 4.90 Å². The largest absolute Gasteiger partial charge is 0.464 e. The van der Waals surface area contributed by atoms with Gasteiger partial charge >= 0.3 is 11.9 Å². The highest BCUT2D eigenvalue weighted by atomic mass is 16.5. The molecule has 0 saturated heterocycles. The monoisotopic (exact) mass is 559 g/mol. The van der Waals surface area contributed by atoms with Gasteiger partial charge in [-0.15, -0.1) is 0 Å². The van der Waals surface area contributed by atoms with Gasteiger partial charge in [0.1, 0.15) is 13.2 Å². The third-order valence-electron chi connectivity index (χ3n) is 6.47. The van der Waals surface area contributed by atoms with Crippen LogP contribution in [-0.4, -0.2) is 98.8 Å². The van der Waals surface area contributed by atoms with Crippen molar-refractivity contribution >= 4 is 34.7 Å². The summed E-state index contributed by atoms with van der Waals surface area (Å²) in [5, 5.41) is 19.2. The zero-order valence-corrected chi connectivity index (χ0v) is 23.7. The van der Waals surface area contributed by atoms with Gasteiger partial charge in [-0.2, -0.15) is 0 Å². The molecule has 0 amide bonds. The Labute approximate surface area is 237 Å². The van der Waals surface area contributed by atoms with E-state index in [1.807, 2.05) is 62.4 Å². The second-order valence-corrected chi connectivity index (χ2v) is 9.42. The molecule has 0 aromatic heterocycles. The molecule has 0 aliphatic carbocycles. The molecular formula is C29H45N5O6. The highest BCUT2D eigenvalue weighted by molar-refractivity contribution is 5.70. The number of carbonyl (C=O) groups is 2. The van der Waals surface area contributed by atoms with Crippen LogP contribution in [0.5, 0.6) is 0 Å². The van der Waals surface area contributed by atoms with E-state index in [9.17, 15) is 19.8 Å². The van der Waals surface area contributed by atoms with E-state index in [-0.39, 0.29) is 57.6 Å². The van der Waals surface area contributed by atoms with Crippen molar-refractivity contribution in [2.75, 3.05) is 86.9 Å². The minimum Gasteiger partial charge on any atom is -0.464 e. The Morgan fingerprint density at radius 1 is 0.750 bits per heavy atom. The number of nitrogens with zero attached hydrogens (tertiary/aromatic N) is 3. The number of rotatable bonds is 19. The zero-order valence-electron chi connectivity index (χ0n) is 23.7. The van der Waals surface area contributed by atoms with Gasteiger partial charge < -0.3 is 41.0 Å². The van der Waals surface area contributed by atoms with Crippen LogP contribution in [0.25, 0.3) is 0 Å². The summed E-state index contributed by atoms with van der Waals surface area (Å²) in [6, 6.07) is 15.0. The Kier molecular flexibility index (Phi) is 14.6. The maximum atomic E-state index is 12.4. The van der Waals surface area contributed by atoms with Gasteiger partial charge in [-0.05, 0) is 62.4 Å². The molecule has 0 fully saturated rings. The Hall–Kier alpha value is -3.54. The third kappa shape index (κ3) is 12.1. The lowest BCUT2D eigenvalue weighted by atomic mass is 10.2. The lowest BCUT2D eigenvalue weighted by Crippen LogP contribution is -2.37. The molecule has 11 heteroatoms. The van der Waals surface area contributed by atoms with Crippen LogP contribution in [0, 0.1) is 0 Å². The number of anilines is 4. The fourth-order valence-electron chi connectivity index (χ4n) is 4.14. The SMILES string of the molecule is CCN(CCOC(=O)CCN(CCC(=O)OCCN(CC)c1ccc(N)cc1)CC(O)CO)c1ccc(N)cc1. The number of likely N-dealkylation sites (N-methyl/N-ethyl adjacent to an activating group) is 2. The second kappa shape index (κ2) is 17.9. The highest BCUT2D eigenvalue weighted by Gasteiger charge is 2.16. The van der Waals surface area contributed by atoms with Crippen molar-refractivity contribution in [1.29, 1.82) is 0 Å². The van der Waals surface area contributed by atoms with E-state index in [2.05, 4.69) is 9.80 Å². The predicted octanol–water partition coefficient (Wildman–Crippen LogP) is 1.73. The van der Waals surface area contributed by atoms with Gasteiger partial charge in [0.2, 0.25) is 0 Å². The van der Waals surface area contributed by atoms with E-state index in [1.165, 1.54) is 0 Å². The summed E-state index contributed by atoms with van der Waals surface area (Å²) in [6.45, 7) is 7.35. The normalized spacial score (nSPS) is 11.7. The Bertz CT molecular complexity index is 929. The molecule has 0 radical (unpaired) electrons. The summed E-state index contributed by atoms with van der Waals surface area (Å²) in [5.74, 6) is -0.747. The van der Waals surface area contributed by atoms with Gasteiger partial charge in [0.15, 0.2) is 0 Å². The van der Waals surface area contributed by atoms with E-state index in [0.717, 1.165) is 24.5 Å². The number of carbonyl (C=O) groups excluding carboxylic acids is 2. The van der Waals surface area contributed by atoms with Crippen molar-refractivity contribution in [2.24, 2.45) is 0 Å². The summed E-state index contributed by atoms with van der Waals surface area (Å²) < 4.78 is 10.8. The van der Waals surface area contributed by atoms with Crippen molar-refractivity contribution in [2.45, 2.75) is 32.8 Å². The molecule has 2 aromatic carbocycles. The number of ether oxygens (including phenoxy) is 2. The molecule has 0 bridgehead atoms. The first-order chi connectivity index (χ1) is 19.2. The maximum absolute atomic E-state index is 12.4. The number of aliphatic hydroxyl groups excluding tert-OH is 2. The number of aliphatic hydroxyl groups is 2. The molecule has 1 unspecified atom stereocenters. The van der Waals surface area contributed by atoms with E-state index in [0.29, 0.717) is 24.5 Å². The van der Waals surface area contributed by atoms with Gasteiger partial charge in [0.25, 0.3) is 0 Å². The first kappa shape index (κ1) is 32.7. The molecule has 6 N–H and O–H groups in total. The molecule has 11 nitrogen and oxygen atoms in total. The molecule has 0 saturated carbocycles. The van der Waals surface area contributed by atoms with Crippen LogP contribution in [-0.2, 0) is 19.1 Å². The van der Waals surface area contributed by atoms with E-state index < -0.39 is 12.7 Å². The van der Waals surface area contributed by atoms with Crippen molar-refractivity contribution in [3.63, 3.8) is 0 Å². The van der Waals surface area contributed by atoms with Gasteiger partial charge in [-0.25, -0.2) is 0 Å². The summed E-state index contributed by atoms with van der Waals surface area (Å²) in [7, 11) is 0. The molecule has 2 aromatic rings. The fraction of sp³-hybridized carbons (Fsp3) is 0.517. The highest BCUT2D eigenvalue weighted by Crippen LogP contribution is 2.17. The van der Waals surface area contributed by atoms with E-state index >= 15 is 0 Å². The number of esters is 2. The number of benzene rings is 2. The fourth-order valence-corrected chi connectivity index (χ4v) is 4.14. The van der Waals surface area contributed by atoms with Crippen molar-refractivity contribution in [1.82, 2.24) is 4.90 Å². The average molecular weight is 560 g/mol. The van der Waals surface area contributed by atoms with Crippen LogP contribution < -0.4 is 21.3 Å². The molecule has 0 aliphatic rings. The summed E-state index contributed by atoms with van der Waals surface area (Å²) >= 11 is 0. The van der Waals surface area contributed by atoms with Crippen LogP contribution >= 0.6 is 0 Å². The predicted molar refractivity (Wildman–Crippen MR) is 158 cm³/mol. The lowest BCUT2D eigenvalue weighted by Gasteiger charge is -2.25. The smallest absolute Gasteiger partial charge is 0.307 e. The summed E-state index contributed by atoms with van der Waals surface area (Å²) in [6.07, 6.45) is -0.800. The molecule has 1 atom stereocenters. The quantitative estimate of drug-likeness (QED) is 0.147. The molecule has 2 rings (SSSR count). The lowest BCUT2D eigenvalue weighted by molar-refractivity contribution is -0.144. The number of hydrogen-bond acceptors (Lipinski definition) is 11. The van der Waals surface area contributed by atoms with Crippen LogP contribution in [0.1, 0.15) is 26.7 Å². The molecule has 0 heterocycles. The molecular weight excluding hydrogens is 514 g/mol. The maximum Gasteiger partial charge on any atom is 0.307 e. The molecule has 0 spiro atoms. The Balaban J connectivity index is 1.74. The first-order valence-corrected chi connectivity index (χ1v) is 13.8. The minimum absolute atomic E-state index is 0.0915. The Morgan fingerprint density at radius 2 is 1.15 bits per heavy atom. The summed E-state index contributed by atoms with van der Waals surface area (Å²) in [4.78, 5) is 30.6. The van der Waals surface area contributed by atoms with Crippen LogP contribution in [0.2, 0.25) is 0 Å². The minimum atomic E-state index is -0.983. The number of hydrogen-bond donors (Lipinski definition) is 4. The van der Waals surface area contributed by atoms with Gasteiger partial charge in [0, 0.05) is 55.5 Å². The van der Waals surface area contributed by atoms with Crippen molar-refractivity contribution < 1.29 is 29.3 Å². The summed E-state index contributed by atoms with van der Waals surface area (Å²) in [5.41, 5.74) is 14.9. The van der Waals surface area contributed by atoms with Crippen molar-refractivity contribution in [3.8, 4) is 0 Å². The number of nitrogens with two attached hydrogens (primary N) is 2. The zero-order chi connectivity index (χ0) is 29.3. The first-order valence-electron chi connectivity index (χ1n) is 13.8. The molecule has 0 aliphatic heterocycles. The number of nitrogen functional groups attached to an aromatic ring is 2.